The average Bonchev–Trinajstić information content (AvgIpc) is 2.20. The molecule has 0 amide bonds. The molecule has 4 heteroatoms. The molecule has 0 aromatic carbocycles. The first-order valence-electron chi connectivity index (χ1n) is 6.12. The second-order valence-corrected chi connectivity index (χ2v) is 4.56. The topological polar surface area (TPSA) is 59.3 Å². The third-order valence-corrected chi connectivity index (χ3v) is 3.41. The molecule has 1 aliphatic carbocycles. The predicted octanol–water partition coefficient (Wildman–Crippen LogP) is 2.22. The van der Waals surface area contributed by atoms with Crippen molar-refractivity contribution < 1.29 is 9.90 Å². The van der Waals surface area contributed by atoms with E-state index >= 15 is 0 Å². The molecular formula is C13H17NO3. The maximum atomic E-state index is 12.0. The molecule has 1 aromatic rings. The Kier molecular flexibility index (Phi) is 3.31. The van der Waals surface area contributed by atoms with Crippen molar-refractivity contribution in [3.05, 3.63) is 33.7 Å². The summed E-state index contributed by atoms with van der Waals surface area (Å²) in [5, 5.41) is 8.95. The molecule has 0 aliphatic heterocycles. The van der Waals surface area contributed by atoms with Crippen molar-refractivity contribution in [2.24, 2.45) is 0 Å². The number of rotatable bonds is 4. The molecule has 1 saturated carbocycles. The van der Waals surface area contributed by atoms with Gasteiger partial charge in [0.1, 0.15) is 5.56 Å². The molecule has 0 saturated heterocycles. The Morgan fingerprint density at radius 3 is 2.65 bits per heavy atom. The molecule has 92 valence electrons. The highest BCUT2D eigenvalue weighted by molar-refractivity contribution is 5.87. The van der Waals surface area contributed by atoms with Gasteiger partial charge in [0, 0.05) is 12.2 Å². The first kappa shape index (κ1) is 11.9. The van der Waals surface area contributed by atoms with Gasteiger partial charge in [-0.3, -0.25) is 4.79 Å². The number of hydrogen-bond donors (Lipinski definition) is 1. The second kappa shape index (κ2) is 4.73. The van der Waals surface area contributed by atoms with Crippen LogP contribution in [-0.4, -0.2) is 15.6 Å². The summed E-state index contributed by atoms with van der Waals surface area (Å²) in [6, 6.07) is 3.26. The quantitative estimate of drug-likeness (QED) is 0.870. The van der Waals surface area contributed by atoms with Crippen LogP contribution in [0.2, 0.25) is 0 Å². The van der Waals surface area contributed by atoms with Crippen LogP contribution in [0.4, 0.5) is 0 Å². The number of carbonyl (C=O) groups is 1. The van der Waals surface area contributed by atoms with Crippen molar-refractivity contribution >= 4 is 5.97 Å². The van der Waals surface area contributed by atoms with E-state index in [0.717, 1.165) is 25.0 Å². The van der Waals surface area contributed by atoms with Gasteiger partial charge in [0.15, 0.2) is 0 Å². The molecule has 0 unspecified atom stereocenters. The summed E-state index contributed by atoms with van der Waals surface area (Å²) < 4.78 is 1.65. The maximum Gasteiger partial charge on any atom is 0.341 e. The Labute approximate surface area is 99.9 Å². The van der Waals surface area contributed by atoms with E-state index in [2.05, 4.69) is 0 Å². The van der Waals surface area contributed by atoms with Crippen LogP contribution in [0.1, 0.15) is 54.6 Å². The lowest BCUT2D eigenvalue weighted by molar-refractivity contribution is 0.0694. The zero-order chi connectivity index (χ0) is 12.4. The molecule has 2 rings (SSSR count). The fourth-order valence-electron chi connectivity index (χ4n) is 2.27. The second-order valence-electron chi connectivity index (χ2n) is 4.56. The van der Waals surface area contributed by atoms with E-state index in [1.807, 2.05) is 13.0 Å². The van der Waals surface area contributed by atoms with Crippen LogP contribution in [0.15, 0.2) is 16.9 Å². The van der Waals surface area contributed by atoms with Gasteiger partial charge in [0.2, 0.25) is 0 Å². The fraction of sp³-hybridized carbons (Fsp3) is 0.538. The van der Waals surface area contributed by atoms with Gasteiger partial charge in [-0.15, -0.1) is 0 Å². The van der Waals surface area contributed by atoms with Gasteiger partial charge in [-0.25, -0.2) is 4.79 Å². The smallest absolute Gasteiger partial charge is 0.341 e. The minimum absolute atomic E-state index is 0.124. The van der Waals surface area contributed by atoms with E-state index in [-0.39, 0.29) is 11.1 Å². The molecule has 1 fully saturated rings. The zero-order valence-electron chi connectivity index (χ0n) is 9.98. The number of nitrogens with zero attached hydrogens (tertiary/aromatic N) is 1. The highest BCUT2D eigenvalue weighted by Crippen LogP contribution is 2.35. The third-order valence-electron chi connectivity index (χ3n) is 3.41. The van der Waals surface area contributed by atoms with Crippen LogP contribution >= 0.6 is 0 Å². The summed E-state index contributed by atoms with van der Waals surface area (Å²) in [7, 11) is 0. The van der Waals surface area contributed by atoms with Crippen molar-refractivity contribution in [1.82, 2.24) is 4.57 Å². The molecule has 1 aliphatic rings. The van der Waals surface area contributed by atoms with E-state index in [1.165, 1.54) is 12.5 Å². The van der Waals surface area contributed by atoms with Crippen molar-refractivity contribution in [2.45, 2.75) is 45.1 Å². The van der Waals surface area contributed by atoms with Crippen molar-refractivity contribution in [1.29, 1.82) is 0 Å². The van der Waals surface area contributed by atoms with Gasteiger partial charge in [-0.1, -0.05) is 13.3 Å². The van der Waals surface area contributed by atoms with Gasteiger partial charge in [-0.2, -0.15) is 0 Å². The normalized spacial score (nSPS) is 15.6. The van der Waals surface area contributed by atoms with Crippen LogP contribution < -0.4 is 5.56 Å². The van der Waals surface area contributed by atoms with Gasteiger partial charge >= 0.3 is 5.97 Å². The Bertz CT molecular complexity index is 486. The van der Waals surface area contributed by atoms with E-state index in [0.29, 0.717) is 12.5 Å². The van der Waals surface area contributed by atoms with Crippen LogP contribution in [0, 0.1) is 0 Å². The monoisotopic (exact) mass is 235 g/mol. The average molecular weight is 235 g/mol. The Balaban J connectivity index is 2.49. The van der Waals surface area contributed by atoms with E-state index in [1.54, 1.807) is 4.57 Å². The SMILES string of the molecule is CCCn1c(C2CCC2)ccc(C(=O)O)c1=O. The summed E-state index contributed by atoms with van der Waals surface area (Å²) in [5.74, 6) is -0.697. The number of carboxylic acids is 1. The van der Waals surface area contributed by atoms with Crippen molar-refractivity contribution in [3.8, 4) is 0 Å². The van der Waals surface area contributed by atoms with Crippen molar-refractivity contribution in [3.63, 3.8) is 0 Å². The minimum Gasteiger partial charge on any atom is -0.477 e. The van der Waals surface area contributed by atoms with Crippen LogP contribution in [0.25, 0.3) is 0 Å². The zero-order valence-corrected chi connectivity index (χ0v) is 9.98. The lowest BCUT2D eigenvalue weighted by atomic mass is 9.82. The number of carboxylic acid groups (broad SMARTS) is 1. The Morgan fingerprint density at radius 2 is 2.18 bits per heavy atom. The lowest BCUT2D eigenvalue weighted by Gasteiger charge is -2.28. The molecule has 1 aromatic heterocycles. The van der Waals surface area contributed by atoms with E-state index < -0.39 is 5.97 Å². The predicted molar refractivity (Wildman–Crippen MR) is 64.5 cm³/mol. The van der Waals surface area contributed by atoms with Gasteiger partial charge in [0.25, 0.3) is 5.56 Å². The molecule has 0 atom stereocenters. The third kappa shape index (κ3) is 2.12. The van der Waals surface area contributed by atoms with Crippen LogP contribution in [0.3, 0.4) is 0 Å². The molecular weight excluding hydrogens is 218 g/mol. The van der Waals surface area contributed by atoms with Gasteiger partial charge in [-0.05, 0) is 37.3 Å². The van der Waals surface area contributed by atoms with E-state index in [4.69, 9.17) is 5.11 Å². The van der Waals surface area contributed by atoms with Gasteiger partial charge < -0.3 is 9.67 Å². The standard InChI is InChI=1S/C13H17NO3/c1-2-8-14-11(9-4-3-5-9)7-6-10(12(14)15)13(16)17/h6-7,9H,2-5,8H2,1H3,(H,16,17). The van der Waals surface area contributed by atoms with Crippen LogP contribution in [-0.2, 0) is 6.54 Å². The molecule has 0 radical (unpaired) electrons. The Hall–Kier alpha value is -1.58. The highest BCUT2D eigenvalue weighted by atomic mass is 16.4. The van der Waals surface area contributed by atoms with E-state index in [9.17, 15) is 9.59 Å². The number of aromatic nitrogens is 1. The summed E-state index contributed by atoms with van der Waals surface area (Å²) >= 11 is 0. The molecule has 17 heavy (non-hydrogen) atoms. The summed E-state index contributed by atoms with van der Waals surface area (Å²) in [4.78, 5) is 23.0. The molecule has 0 spiro atoms. The minimum atomic E-state index is -1.14. The molecule has 1 N–H and O–H groups in total. The largest absolute Gasteiger partial charge is 0.477 e. The summed E-state index contributed by atoms with van der Waals surface area (Å²) in [6.45, 7) is 2.59. The molecule has 1 heterocycles. The number of pyridine rings is 1. The summed E-state index contributed by atoms with van der Waals surface area (Å²) in [6.07, 6.45) is 4.25. The Morgan fingerprint density at radius 1 is 1.47 bits per heavy atom. The summed E-state index contributed by atoms with van der Waals surface area (Å²) in [5.41, 5.74) is 0.526. The molecule has 0 bridgehead atoms. The first-order valence-corrected chi connectivity index (χ1v) is 6.12. The highest BCUT2D eigenvalue weighted by Gasteiger charge is 2.24. The van der Waals surface area contributed by atoms with Crippen LogP contribution in [0.5, 0.6) is 0 Å². The molecule has 4 nitrogen and oxygen atoms in total. The van der Waals surface area contributed by atoms with Crippen molar-refractivity contribution in [2.75, 3.05) is 0 Å². The first-order chi connectivity index (χ1) is 8.15. The number of aromatic carboxylic acids is 1. The lowest BCUT2D eigenvalue weighted by Crippen LogP contribution is -2.31. The fourth-order valence-corrected chi connectivity index (χ4v) is 2.27. The van der Waals surface area contributed by atoms with Gasteiger partial charge in [0.05, 0.1) is 0 Å². The maximum absolute atomic E-state index is 12.0. The number of hydrogen-bond acceptors (Lipinski definition) is 2.